The molecule has 0 heterocycles. The van der Waals surface area contributed by atoms with Crippen molar-refractivity contribution in [1.29, 1.82) is 4.78 Å². The first kappa shape index (κ1) is 17.7. The summed E-state index contributed by atoms with van der Waals surface area (Å²) in [5.74, 6) is -0.669. The highest BCUT2D eigenvalue weighted by molar-refractivity contribution is 7.91. The number of nitrogens with one attached hydrogen (secondary N) is 2. The van der Waals surface area contributed by atoms with Crippen molar-refractivity contribution in [3.8, 4) is 0 Å². The van der Waals surface area contributed by atoms with Gasteiger partial charge in [0.25, 0.3) is 0 Å². The molecule has 7 nitrogen and oxygen atoms in total. The topological polar surface area (TPSA) is 106 Å². The molecule has 0 saturated carbocycles. The molecule has 0 saturated heterocycles. The fourth-order valence-corrected chi connectivity index (χ4v) is 1.87. The summed E-state index contributed by atoms with van der Waals surface area (Å²) in [4.78, 5) is 23.0. The molecule has 0 aromatic heterocycles. The van der Waals surface area contributed by atoms with Gasteiger partial charge in [-0.1, -0.05) is 0 Å². The molecule has 8 heteroatoms. The van der Waals surface area contributed by atoms with Crippen LogP contribution in [-0.2, 0) is 24.0 Å². The van der Waals surface area contributed by atoms with Gasteiger partial charge in [0.15, 0.2) is 0 Å². The molecule has 0 aromatic carbocycles. The van der Waals surface area contributed by atoms with Gasteiger partial charge in [-0.25, -0.2) is 9.59 Å². The van der Waals surface area contributed by atoms with Gasteiger partial charge in [-0.2, -0.15) is 0 Å². The van der Waals surface area contributed by atoms with E-state index in [0.29, 0.717) is 0 Å². The van der Waals surface area contributed by atoms with E-state index in [4.69, 9.17) is 9.52 Å². The minimum absolute atomic E-state index is 0.0113. The molecule has 0 bridgehead atoms. The van der Waals surface area contributed by atoms with E-state index >= 15 is 0 Å². The van der Waals surface area contributed by atoms with Crippen molar-refractivity contribution >= 4 is 21.8 Å². The minimum Gasteiger partial charge on any atom is -0.467 e. The summed E-state index contributed by atoms with van der Waals surface area (Å²) in [6, 6.07) is -0.967. The number of ether oxygens (including phenoxy) is 2. The van der Waals surface area contributed by atoms with Gasteiger partial charge in [0.05, 0.1) is 7.11 Å². The number of methoxy groups -OCH3 is 1. The molecule has 1 unspecified atom stereocenters. The number of hydrogen-bond donors (Lipinski definition) is 2. The summed E-state index contributed by atoms with van der Waals surface area (Å²) in [5, 5.41) is 2.35. The Balaban J connectivity index is 4.61. The van der Waals surface area contributed by atoms with E-state index in [2.05, 4.69) is 10.1 Å². The van der Waals surface area contributed by atoms with Crippen molar-refractivity contribution in [2.24, 2.45) is 0 Å². The highest BCUT2D eigenvalue weighted by Gasteiger charge is 2.25. The fraction of sp³-hybridized carbons (Fsp3) is 0.818. The Hall–Kier alpha value is -1.31. The second kappa shape index (κ2) is 6.74. The second-order valence-corrected chi connectivity index (χ2v) is 7.64. The molecule has 0 rings (SSSR count). The van der Waals surface area contributed by atoms with Gasteiger partial charge in [0.1, 0.15) is 11.6 Å². The third-order valence-electron chi connectivity index (χ3n) is 1.97. The number of esters is 1. The number of alkyl carbamates (subject to hydrolysis) is 1. The van der Waals surface area contributed by atoms with Crippen LogP contribution in [0.1, 0.15) is 27.2 Å². The van der Waals surface area contributed by atoms with Crippen LogP contribution in [-0.4, -0.2) is 47.0 Å². The number of carbonyl (C=O) groups excluding carboxylic acids is 2. The maximum absolute atomic E-state index is 11.6. The quantitative estimate of drug-likeness (QED) is 0.739. The lowest BCUT2D eigenvalue weighted by Crippen LogP contribution is -2.44. The lowest BCUT2D eigenvalue weighted by Gasteiger charge is -2.22. The summed E-state index contributed by atoms with van der Waals surface area (Å²) in [7, 11) is -1.54. The SMILES string of the molecule is COC(=O)[C@H](CCS(C)(=N)=O)NC(=O)OC(C)(C)C. The summed E-state index contributed by atoms with van der Waals surface area (Å²) in [6.07, 6.45) is 0.579. The Bertz CT molecular complexity index is 425. The van der Waals surface area contributed by atoms with E-state index in [9.17, 15) is 13.8 Å². The van der Waals surface area contributed by atoms with Gasteiger partial charge < -0.3 is 14.8 Å². The Morgan fingerprint density at radius 3 is 2.26 bits per heavy atom. The zero-order chi connectivity index (χ0) is 15.3. The van der Waals surface area contributed by atoms with Crippen LogP contribution in [0.25, 0.3) is 0 Å². The highest BCUT2D eigenvalue weighted by atomic mass is 32.2. The van der Waals surface area contributed by atoms with Crippen LogP contribution in [0.2, 0.25) is 0 Å². The summed E-state index contributed by atoms with van der Waals surface area (Å²) in [6.45, 7) is 5.09. The molecule has 112 valence electrons. The second-order valence-electron chi connectivity index (χ2n) is 5.22. The Morgan fingerprint density at radius 1 is 1.37 bits per heavy atom. The summed E-state index contributed by atoms with van der Waals surface area (Å²) < 4.78 is 28.1. The fourth-order valence-electron chi connectivity index (χ4n) is 1.18. The monoisotopic (exact) mass is 294 g/mol. The molecule has 0 aliphatic heterocycles. The lowest BCUT2D eigenvalue weighted by molar-refractivity contribution is -0.143. The van der Waals surface area contributed by atoms with Gasteiger partial charge in [-0.15, -0.1) is 0 Å². The molecule has 19 heavy (non-hydrogen) atoms. The molecule has 0 aliphatic rings. The Kier molecular flexibility index (Phi) is 6.28. The maximum atomic E-state index is 11.6. The molecule has 2 atom stereocenters. The highest BCUT2D eigenvalue weighted by Crippen LogP contribution is 2.08. The predicted molar refractivity (Wildman–Crippen MR) is 71.4 cm³/mol. The van der Waals surface area contributed by atoms with Crippen LogP contribution < -0.4 is 5.32 Å². The van der Waals surface area contributed by atoms with Crippen LogP contribution in [0.15, 0.2) is 0 Å². The van der Waals surface area contributed by atoms with Crippen molar-refractivity contribution in [2.45, 2.75) is 38.8 Å². The average Bonchev–Trinajstić information content (AvgIpc) is 2.19. The van der Waals surface area contributed by atoms with Crippen molar-refractivity contribution < 1.29 is 23.3 Å². The van der Waals surface area contributed by atoms with E-state index < -0.39 is 33.4 Å². The molecule has 2 N–H and O–H groups in total. The third-order valence-corrected chi connectivity index (χ3v) is 2.99. The first-order valence-electron chi connectivity index (χ1n) is 5.73. The van der Waals surface area contributed by atoms with Crippen molar-refractivity contribution in [2.75, 3.05) is 19.1 Å². The maximum Gasteiger partial charge on any atom is 0.408 e. The van der Waals surface area contributed by atoms with Crippen LogP contribution >= 0.6 is 0 Å². The van der Waals surface area contributed by atoms with Gasteiger partial charge in [0, 0.05) is 21.7 Å². The Labute approximate surface area is 114 Å². The summed E-state index contributed by atoms with van der Waals surface area (Å²) in [5.41, 5.74) is -0.682. The smallest absolute Gasteiger partial charge is 0.408 e. The third kappa shape index (κ3) is 9.29. The number of hydrogen-bond acceptors (Lipinski definition) is 6. The van der Waals surface area contributed by atoms with Crippen LogP contribution in [0.4, 0.5) is 4.79 Å². The largest absolute Gasteiger partial charge is 0.467 e. The van der Waals surface area contributed by atoms with E-state index in [1.165, 1.54) is 13.4 Å². The molecule has 0 radical (unpaired) electrons. The van der Waals surface area contributed by atoms with Gasteiger partial charge >= 0.3 is 12.1 Å². The first-order chi connectivity index (χ1) is 8.44. The van der Waals surface area contributed by atoms with Crippen LogP contribution in [0, 0.1) is 4.78 Å². The Morgan fingerprint density at radius 2 is 1.89 bits per heavy atom. The molecule has 0 aliphatic carbocycles. The van der Waals surface area contributed by atoms with Crippen molar-refractivity contribution in [3.05, 3.63) is 0 Å². The zero-order valence-electron chi connectivity index (χ0n) is 11.9. The molecular weight excluding hydrogens is 272 g/mol. The van der Waals surface area contributed by atoms with E-state index in [0.717, 1.165) is 0 Å². The van der Waals surface area contributed by atoms with Crippen LogP contribution in [0.5, 0.6) is 0 Å². The summed E-state index contributed by atoms with van der Waals surface area (Å²) >= 11 is 0. The van der Waals surface area contributed by atoms with E-state index in [-0.39, 0.29) is 12.2 Å². The zero-order valence-corrected chi connectivity index (χ0v) is 12.8. The number of carbonyl (C=O) groups is 2. The van der Waals surface area contributed by atoms with E-state index in [1.54, 1.807) is 20.8 Å². The van der Waals surface area contributed by atoms with Crippen molar-refractivity contribution in [1.82, 2.24) is 5.32 Å². The normalized spacial score (nSPS) is 16.1. The molecule has 0 spiro atoms. The average molecular weight is 294 g/mol. The molecular formula is C11H22N2O5S. The minimum atomic E-state index is -2.73. The van der Waals surface area contributed by atoms with Crippen molar-refractivity contribution in [3.63, 3.8) is 0 Å². The van der Waals surface area contributed by atoms with Gasteiger partial charge in [-0.05, 0) is 27.2 Å². The molecule has 0 fully saturated rings. The lowest BCUT2D eigenvalue weighted by atomic mass is 10.2. The molecule has 0 aromatic rings. The number of amides is 1. The van der Waals surface area contributed by atoms with Gasteiger partial charge in [0.2, 0.25) is 0 Å². The van der Waals surface area contributed by atoms with Crippen LogP contribution in [0.3, 0.4) is 0 Å². The van der Waals surface area contributed by atoms with E-state index in [1.807, 2.05) is 0 Å². The molecule has 1 amide bonds. The predicted octanol–water partition coefficient (Wildman–Crippen LogP) is 1.12. The first-order valence-corrected chi connectivity index (χ1v) is 7.87. The standard InChI is InChI=1S/C11H22N2O5S/c1-11(2,3)18-10(15)13-8(9(14)17-4)6-7-19(5,12)16/h8,12H,6-7H2,1-5H3,(H,13,15)/t8-,19?/m0/s1. The van der Waals surface area contributed by atoms with Gasteiger partial charge in [-0.3, -0.25) is 8.99 Å². The number of rotatable bonds is 5.